The molecule has 1 atom stereocenters. The van der Waals surface area contributed by atoms with Crippen molar-refractivity contribution in [2.45, 2.75) is 5.92 Å². The van der Waals surface area contributed by atoms with Crippen molar-refractivity contribution in [2.75, 3.05) is 13.2 Å². The second-order valence-electron chi connectivity index (χ2n) is 4.14. The molecule has 1 unspecified atom stereocenters. The van der Waals surface area contributed by atoms with Crippen LogP contribution in [0.15, 0.2) is 24.3 Å². The summed E-state index contributed by atoms with van der Waals surface area (Å²) in [6.45, 7) is 0.918. The molecule has 1 aromatic carbocycles. The molecule has 0 radical (unpaired) electrons. The predicted octanol–water partition coefficient (Wildman–Crippen LogP) is 0.315. The number of hydrogen-bond donors (Lipinski definition) is 2. The van der Waals surface area contributed by atoms with Gasteiger partial charge in [-0.05, 0) is 5.56 Å². The number of amides is 1. The van der Waals surface area contributed by atoms with E-state index in [0.717, 1.165) is 0 Å². The molecule has 1 fully saturated rings. The fraction of sp³-hybridized carbons (Fsp3) is 0.364. The third-order valence-electron chi connectivity index (χ3n) is 3.00. The van der Waals surface area contributed by atoms with E-state index in [1.54, 1.807) is 12.1 Å². The van der Waals surface area contributed by atoms with Crippen LogP contribution in [0.25, 0.3) is 0 Å². The number of hydrazine groups is 1. The standard InChI is InChI=1S/C11H13N3O4/c12-13-11(15)10(8-5-18-6-8)7-2-1-3-9(4-7)14(16)17/h1-4,8,10H,5-6,12H2,(H,13,15). The van der Waals surface area contributed by atoms with Gasteiger partial charge < -0.3 is 4.74 Å². The molecule has 1 aliphatic heterocycles. The highest BCUT2D eigenvalue weighted by Gasteiger charge is 2.35. The van der Waals surface area contributed by atoms with Gasteiger partial charge in [0.1, 0.15) is 0 Å². The summed E-state index contributed by atoms with van der Waals surface area (Å²) < 4.78 is 5.05. The molecule has 18 heavy (non-hydrogen) atoms. The average Bonchev–Trinajstić information content (AvgIpc) is 2.32. The van der Waals surface area contributed by atoms with Gasteiger partial charge in [-0.1, -0.05) is 12.1 Å². The van der Waals surface area contributed by atoms with E-state index in [1.807, 2.05) is 0 Å². The first-order valence-corrected chi connectivity index (χ1v) is 5.46. The summed E-state index contributed by atoms with van der Waals surface area (Å²) in [6.07, 6.45) is 0. The molecule has 0 saturated carbocycles. The fourth-order valence-corrected chi connectivity index (χ4v) is 2.01. The molecule has 96 valence electrons. The van der Waals surface area contributed by atoms with E-state index in [2.05, 4.69) is 5.43 Å². The van der Waals surface area contributed by atoms with Crippen molar-refractivity contribution < 1.29 is 14.5 Å². The molecule has 1 heterocycles. The van der Waals surface area contributed by atoms with Gasteiger partial charge in [0.15, 0.2) is 0 Å². The minimum Gasteiger partial charge on any atom is -0.381 e. The Morgan fingerprint density at radius 3 is 2.78 bits per heavy atom. The maximum atomic E-state index is 11.8. The molecule has 3 N–H and O–H groups in total. The molecule has 1 aromatic rings. The number of hydrogen-bond acceptors (Lipinski definition) is 5. The Morgan fingerprint density at radius 1 is 1.56 bits per heavy atom. The normalized spacial score (nSPS) is 16.7. The minimum absolute atomic E-state index is 0.00977. The molecule has 0 aromatic heterocycles. The van der Waals surface area contributed by atoms with Crippen molar-refractivity contribution in [3.8, 4) is 0 Å². The maximum absolute atomic E-state index is 11.8. The Labute approximate surface area is 103 Å². The van der Waals surface area contributed by atoms with Crippen molar-refractivity contribution >= 4 is 11.6 Å². The number of nitrogens with zero attached hydrogens (tertiary/aromatic N) is 1. The molecule has 0 bridgehead atoms. The molecule has 7 nitrogen and oxygen atoms in total. The van der Waals surface area contributed by atoms with Crippen LogP contribution in [0, 0.1) is 16.0 Å². The molecular formula is C11H13N3O4. The van der Waals surface area contributed by atoms with Gasteiger partial charge in [-0.2, -0.15) is 0 Å². The molecule has 1 aliphatic rings. The smallest absolute Gasteiger partial charge is 0.269 e. The number of nitro benzene ring substituents is 1. The van der Waals surface area contributed by atoms with Gasteiger partial charge in [-0.15, -0.1) is 0 Å². The van der Waals surface area contributed by atoms with Gasteiger partial charge in [0.05, 0.1) is 24.1 Å². The molecular weight excluding hydrogens is 238 g/mol. The van der Waals surface area contributed by atoms with Gasteiger partial charge in [-0.25, -0.2) is 5.84 Å². The average molecular weight is 251 g/mol. The van der Waals surface area contributed by atoms with Crippen LogP contribution in [-0.2, 0) is 9.53 Å². The van der Waals surface area contributed by atoms with Gasteiger partial charge in [0.25, 0.3) is 5.69 Å². The largest absolute Gasteiger partial charge is 0.381 e. The van der Waals surface area contributed by atoms with E-state index >= 15 is 0 Å². The highest BCUT2D eigenvalue weighted by molar-refractivity contribution is 5.83. The molecule has 2 rings (SSSR count). The lowest BCUT2D eigenvalue weighted by molar-refractivity contribution is -0.384. The third kappa shape index (κ3) is 2.31. The summed E-state index contributed by atoms with van der Waals surface area (Å²) in [7, 11) is 0. The molecule has 7 heteroatoms. The van der Waals surface area contributed by atoms with E-state index in [-0.39, 0.29) is 17.5 Å². The summed E-state index contributed by atoms with van der Waals surface area (Å²) >= 11 is 0. The second-order valence-corrected chi connectivity index (χ2v) is 4.14. The van der Waals surface area contributed by atoms with Crippen molar-refractivity contribution in [3.05, 3.63) is 39.9 Å². The number of benzene rings is 1. The lowest BCUT2D eigenvalue weighted by Crippen LogP contribution is -2.43. The number of carbonyl (C=O) groups excluding carboxylic acids is 1. The molecule has 0 aliphatic carbocycles. The lowest BCUT2D eigenvalue weighted by Gasteiger charge is -2.32. The van der Waals surface area contributed by atoms with Gasteiger partial charge in [-0.3, -0.25) is 20.3 Å². The number of non-ortho nitro benzene ring substituents is 1. The highest BCUT2D eigenvalue weighted by atomic mass is 16.6. The predicted molar refractivity (Wildman–Crippen MR) is 62.5 cm³/mol. The molecule has 0 spiro atoms. The summed E-state index contributed by atoms with van der Waals surface area (Å²) in [5.74, 6) is 4.29. The van der Waals surface area contributed by atoms with Crippen molar-refractivity contribution in [3.63, 3.8) is 0 Å². The van der Waals surface area contributed by atoms with E-state index in [1.165, 1.54) is 12.1 Å². The number of rotatable bonds is 4. The van der Waals surface area contributed by atoms with Crippen LogP contribution in [0.5, 0.6) is 0 Å². The van der Waals surface area contributed by atoms with Crippen LogP contribution in [0.4, 0.5) is 5.69 Å². The Kier molecular flexibility index (Phi) is 3.54. The zero-order chi connectivity index (χ0) is 13.1. The second kappa shape index (κ2) is 5.11. The van der Waals surface area contributed by atoms with Crippen molar-refractivity contribution in [2.24, 2.45) is 11.8 Å². The Hall–Kier alpha value is -1.99. The quantitative estimate of drug-likeness (QED) is 0.346. The number of nitrogens with two attached hydrogens (primary N) is 1. The van der Waals surface area contributed by atoms with Crippen LogP contribution in [-0.4, -0.2) is 24.0 Å². The highest BCUT2D eigenvalue weighted by Crippen LogP contribution is 2.31. The third-order valence-corrected chi connectivity index (χ3v) is 3.00. The minimum atomic E-state index is -0.511. The lowest BCUT2D eigenvalue weighted by atomic mass is 9.84. The topological polar surface area (TPSA) is 107 Å². The first-order valence-electron chi connectivity index (χ1n) is 5.46. The fourth-order valence-electron chi connectivity index (χ4n) is 2.01. The zero-order valence-electron chi connectivity index (χ0n) is 9.54. The van der Waals surface area contributed by atoms with Crippen LogP contribution >= 0.6 is 0 Å². The zero-order valence-corrected chi connectivity index (χ0v) is 9.54. The van der Waals surface area contributed by atoms with E-state index in [0.29, 0.717) is 18.8 Å². The summed E-state index contributed by atoms with van der Waals surface area (Å²) in [4.78, 5) is 22.0. The molecule has 1 amide bonds. The number of ether oxygens (including phenoxy) is 1. The Bertz CT molecular complexity index is 473. The SMILES string of the molecule is NNC(=O)C(c1cccc([N+](=O)[O-])c1)C1COC1. The summed E-state index contributed by atoms with van der Waals surface area (Å²) in [6, 6.07) is 6.03. The monoisotopic (exact) mass is 251 g/mol. The Morgan fingerprint density at radius 2 is 2.28 bits per heavy atom. The summed E-state index contributed by atoms with van der Waals surface area (Å²) in [5.41, 5.74) is 2.64. The van der Waals surface area contributed by atoms with Gasteiger partial charge in [0.2, 0.25) is 5.91 Å². The van der Waals surface area contributed by atoms with Crippen LogP contribution in [0.3, 0.4) is 0 Å². The van der Waals surface area contributed by atoms with E-state index in [4.69, 9.17) is 10.6 Å². The first-order chi connectivity index (χ1) is 8.63. The van der Waals surface area contributed by atoms with Crippen molar-refractivity contribution in [1.82, 2.24) is 5.43 Å². The molecule has 1 saturated heterocycles. The number of carbonyl (C=O) groups is 1. The van der Waals surface area contributed by atoms with Crippen LogP contribution < -0.4 is 11.3 Å². The van der Waals surface area contributed by atoms with Gasteiger partial charge in [0, 0.05) is 18.1 Å². The first kappa shape index (κ1) is 12.5. The van der Waals surface area contributed by atoms with Crippen LogP contribution in [0.2, 0.25) is 0 Å². The summed E-state index contributed by atoms with van der Waals surface area (Å²) in [5, 5.41) is 10.7. The van der Waals surface area contributed by atoms with E-state index < -0.39 is 10.8 Å². The van der Waals surface area contributed by atoms with Gasteiger partial charge >= 0.3 is 0 Å². The van der Waals surface area contributed by atoms with Crippen molar-refractivity contribution in [1.29, 1.82) is 0 Å². The number of nitrogens with one attached hydrogen (secondary N) is 1. The maximum Gasteiger partial charge on any atom is 0.269 e. The number of nitro groups is 1. The Balaban J connectivity index is 2.32. The van der Waals surface area contributed by atoms with E-state index in [9.17, 15) is 14.9 Å². The van der Waals surface area contributed by atoms with Crippen LogP contribution in [0.1, 0.15) is 11.5 Å².